The van der Waals surface area contributed by atoms with Crippen LogP contribution in [0.15, 0.2) is 58.3 Å². The number of unbranched alkanes of at least 4 members (excludes halogenated alkanes) is 6. The summed E-state index contributed by atoms with van der Waals surface area (Å²) in [6, 6.07) is 15.7. The molecule has 0 saturated carbocycles. The highest BCUT2D eigenvalue weighted by Gasteiger charge is 2.15. The summed E-state index contributed by atoms with van der Waals surface area (Å²) in [6.07, 6.45) is 10.3. The first-order valence-electron chi connectivity index (χ1n) is 13.2. The fourth-order valence-corrected chi connectivity index (χ4v) is 4.50. The van der Waals surface area contributed by atoms with E-state index in [2.05, 4.69) is 31.3 Å². The molecule has 2 aromatic rings. The number of ether oxygens (including phenoxy) is 1. The van der Waals surface area contributed by atoms with Crippen LogP contribution >= 0.6 is 11.8 Å². The first-order valence-corrected chi connectivity index (χ1v) is 14.0. The number of anilines is 1. The Morgan fingerprint density at radius 3 is 2.00 bits per heavy atom. The molecule has 192 valence electrons. The predicted octanol–water partition coefficient (Wildman–Crippen LogP) is 8.22. The Morgan fingerprint density at radius 2 is 1.37 bits per heavy atom. The molecule has 2 amide bonds. The third kappa shape index (κ3) is 11.2. The summed E-state index contributed by atoms with van der Waals surface area (Å²) in [5, 5.41) is 3.10. The van der Waals surface area contributed by atoms with Gasteiger partial charge in [0, 0.05) is 35.0 Å². The monoisotopic (exact) mass is 498 g/mol. The number of carbonyl (C=O) groups excluding carboxylic acids is 2. The molecule has 2 rings (SSSR count). The van der Waals surface area contributed by atoms with Crippen molar-refractivity contribution in [1.29, 1.82) is 0 Å². The van der Waals surface area contributed by atoms with Gasteiger partial charge in [-0.05, 0) is 67.8 Å². The normalized spacial score (nSPS) is 10.7. The van der Waals surface area contributed by atoms with E-state index in [1.54, 1.807) is 11.8 Å². The number of carbonyl (C=O) groups is 2. The van der Waals surface area contributed by atoms with E-state index in [0.717, 1.165) is 67.1 Å². The Bertz CT molecular complexity index is 869. The van der Waals surface area contributed by atoms with E-state index >= 15 is 0 Å². The van der Waals surface area contributed by atoms with Gasteiger partial charge in [0.2, 0.25) is 0 Å². The lowest BCUT2D eigenvalue weighted by Gasteiger charge is -2.23. The molecular formula is C29H42N2O3S. The second-order valence-corrected chi connectivity index (χ2v) is 9.94. The van der Waals surface area contributed by atoms with E-state index in [-0.39, 0.29) is 12.0 Å². The maximum absolute atomic E-state index is 12.9. The minimum absolute atomic E-state index is 0.00907. The number of esters is 1. The first kappa shape index (κ1) is 28.8. The van der Waals surface area contributed by atoms with E-state index in [0.29, 0.717) is 12.2 Å². The second kappa shape index (κ2) is 17.0. The SMILES string of the molecule is CCCCCCCN(C(=O)NCCCCC)c1ccc(Sc2ccc(OC(=O)CCC)cc2)cc1. The average molecular weight is 499 g/mol. The van der Waals surface area contributed by atoms with Crippen LogP contribution in [0.2, 0.25) is 0 Å². The molecule has 0 atom stereocenters. The van der Waals surface area contributed by atoms with Gasteiger partial charge >= 0.3 is 12.0 Å². The van der Waals surface area contributed by atoms with Crippen molar-refractivity contribution in [2.75, 3.05) is 18.0 Å². The summed E-state index contributed by atoms with van der Waals surface area (Å²) >= 11 is 1.64. The molecule has 35 heavy (non-hydrogen) atoms. The van der Waals surface area contributed by atoms with Crippen molar-refractivity contribution in [3.63, 3.8) is 0 Å². The van der Waals surface area contributed by atoms with E-state index < -0.39 is 0 Å². The van der Waals surface area contributed by atoms with Crippen molar-refractivity contribution in [2.45, 2.75) is 94.8 Å². The van der Waals surface area contributed by atoms with Crippen LogP contribution in [0.25, 0.3) is 0 Å². The highest BCUT2D eigenvalue weighted by Crippen LogP contribution is 2.30. The Labute approximate surface area is 216 Å². The highest BCUT2D eigenvalue weighted by atomic mass is 32.2. The molecule has 0 unspecified atom stereocenters. The van der Waals surface area contributed by atoms with Gasteiger partial charge in [-0.3, -0.25) is 9.69 Å². The summed E-state index contributed by atoms with van der Waals surface area (Å²) in [4.78, 5) is 28.6. The third-order valence-corrected chi connectivity index (χ3v) is 6.70. The fourth-order valence-electron chi connectivity index (χ4n) is 3.68. The number of urea groups is 1. The van der Waals surface area contributed by atoms with Gasteiger partial charge in [-0.15, -0.1) is 0 Å². The van der Waals surface area contributed by atoms with Crippen LogP contribution in [0.4, 0.5) is 10.5 Å². The molecule has 6 heteroatoms. The number of rotatable bonds is 16. The van der Waals surface area contributed by atoms with Crippen molar-refractivity contribution in [3.8, 4) is 5.75 Å². The Hall–Kier alpha value is -2.47. The molecule has 0 aliphatic rings. The van der Waals surface area contributed by atoms with Gasteiger partial charge in [0.1, 0.15) is 5.75 Å². The molecule has 1 N–H and O–H groups in total. The first-order chi connectivity index (χ1) is 17.1. The van der Waals surface area contributed by atoms with Crippen LogP contribution in [0.3, 0.4) is 0 Å². The lowest BCUT2D eigenvalue weighted by Crippen LogP contribution is -2.41. The zero-order valence-corrected chi connectivity index (χ0v) is 22.5. The van der Waals surface area contributed by atoms with Gasteiger partial charge in [0.25, 0.3) is 0 Å². The molecule has 2 aromatic carbocycles. The van der Waals surface area contributed by atoms with E-state index in [9.17, 15) is 9.59 Å². The molecule has 0 aromatic heterocycles. The molecule has 0 saturated heterocycles. The van der Waals surface area contributed by atoms with Crippen LogP contribution in [0, 0.1) is 0 Å². The van der Waals surface area contributed by atoms with E-state index in [4.69, 9.17) is 4.74 Å². The summed E-state index contributed by atoms with van der Waals surface area (Å²) in [6.45, 7) is 7.79. The lowest BCUT2D eigenvalue weighted by atomic mass is 10.1. The lowest BCUT2D eigenvalue weighted by molar-refractivity contribution is -0.134. The standard InChI is InChI=1S/C29H42N2O3S/c1-4-7-9-10-12-23-31(29(33)30-22-11-8-5-2)24-14-18-26(19-15-24)35-27-20-16-25(17-21-27)34-28(32)13-6-3/h14-21H,4-13,22-23H2,1-3H3,(H,30,33). The molecule has 0 spiro atoms. The van der Waals surface area contributed by atoms with Crippen LogP contribution in [0.1, 0.15) is 85.0 Å². The zero-order valence-electron chi connectivity index (χ0n) is 21.7. The average Bonchev–Trinajstić information content (AvgIpc) is 2.86. The largest absolute Gasteiger partial charge is 0.427 e. The van der Waals surface area contributed by atoms with Gasteiger partial charge in [0.05, 0.1) is 0 Å². The molecular weight excluding hydrogens is 456 g/mol. The molecule has 0 radical (unpaired) electrons. The predicted molar refractivity (Wildman–Crippen MR) is 147 cm³/mol. The van der Waals surface area contributed by atoms with Crippen LogP contribution in [-0.2, 0) is 4.79 Å². The van der Waals surface area contributed by atoms with Crippen molar-refractivity contribution < 1.29 is 14.3 Å². The minimum Gasteiger partial charge on any atom is -0.427 e. The van der Waals surface area contributed by atoms with Crippen LogP contribution < -0.4 is 15.0 Å². The number of benzene rings is 2. The Morgan fingerprint density at radius 1 is 0.771 bits per heavy atom. The van der Waals surface area contributed by atoms with Gasteiger partial charge in [0.15, 0.2) is 0 Å². The van der Waals surface area contributed by atoms with Crippen LogP contribution in [-0.4, -0.2) is 25.1 Å². The van der Waals surface area contributed by atoms with E-state index in [1.807, 2.05) is 48.2 Å². The van der Waals surface area contributed by atoms with Crippen molar-refractivity contribution in [2.24, 2.45) is 0 Å². The molecule has 5 nitrogen and oxygen atoms in total. The van der Waals surface area contributed by atoms with Crippen molar-refractivity contribution >= 4 is 29.4 Å². The number of nitrogens with one attached hydrogen (secondary N) is 1. The third-order valence-electron chi connectivity index (χ3n) is 5.68. The molecule has 0 heterocycles. The quantitative estimate of drug-likeness (QED) is 0.144. The summed E-state index contributed by atoms with van der Waals surface area (Å²) in [7, 11) is 0. The highest BCUT2D eigenvalue weighted by molar-refractivity contribution is 7.99. The topological polar surface area (TPSA) is 58.6 Å². The molecule has 0 bridgehead atoms. The van der Waals surface area contributed by atoms with Gasteiger partial charge in [-0.25, -0.2) is 4.79 Å². The van der Waals surface area contributed by atoms with Crippen molar-refractivity contribution in [3.05, 3.63) is 48.5 Å². The maximum atomic E-state index is 12.9. The number of amides is 2. The Kier molecular flexibility index (Phi) is 14.0. The van der Waals surface area contributed by atoms with Gasteiger partial charge < -0.3 is 10.1 Å². The number of hydrogen-bond donors (Lipinski definition) is 1. The smallest absolute Gasteiger partial charge is 0.321 e. The minimum atomic E-state index is -0.201. The van der Waals surface area contributed by atoms with Crippen molar-refractivity contribution in [1.82, 2.24) is 5.32 Å². The number of nitrogens with zero attached hydrogens (tertiary/aromatic N) is 1. The van der Waals surface area contributed by atoms with Gasteiger partial charge in [-0.2, -0.15) is 0 Å². The Balaban J connectivity index is 1.98. The zero-order chi connectivity index (χ0) is 25.3. The maximum Gasteiger partial charge on any atom is 0.321 e. The molecule has 0 aliphatic heterocycles. The summed E-state index contributed by atoms with van der Waals surface area (Å²) in [5.41, 5.74) is 0.927. The molecule has 0 fully saturated rings. The number of hydrogen-bond acceptors (Lipinski definition) is 4. The van der Waals surface area contributed by atoms with Crippen LogP contribution in [0.5, 0.6) is 5.75 Å². The molecule has 0 aliphatic carbocycles. The summed E-state index contributed by atoms with van der Waals surface area (Å²) < 4.78 is 5.33. The van der Waals surface area contributed by atoms with Gasteiger partial charge in [-0.1, -0.05) is 71.1 Å². The van der Waals surface area contributed by atoms with E-state index in [1.165, 1.54) is 19.3 Å². The fraction of sp³-hybridized carbons (Fsp3) is 0.517. The summed E-state index contributed by atoms with van der Waals surface area (Å²) in [5.74, 6) is 0.371. The second-order valence-electron chi connectivity index (χ2n) is 8.80.